The molecule has 0 amide bonds. The molecule has 1 heterocycles. The highest BCUT2D eigenvalue weighted by atomic mass is 32.2. The SMILES string of the molecule is CCSCC(C)N1CC(C(C)CC)NCC1C(C)C. The molecule has 114 valence electrons. The van der Waals surface area contributed by atoms with Crippen LogP contribution in [0.2, 0.25) is 0 Å². The average Bonchev–Trinajstić information content (AvgIpc) is 2.42. The number of nitrogens with one attached hydrogen (secondary N) is 1. The maximum atomic E-state index is 3.79. The Hall–Kier alpha value is 0.270. The number of piperazine rings is 1. The Kier molecular flexibility index (Phi) is 7.78. The van der Waals surface area contributed by atoms with Crippen LogP contribution in [0.1, 0.15) is 48.0 Å². The van der Waals surface area contributed by atoms with Gasteiger partial charge in [-0.2, -0.15) is 11.8 Å². The molecule has 0 radical (unpaired) electrons. The first-order chi connectivity index (χ1) is 9.01. The fourth-order valence-corrected chi connectivity index (χ4v) is 3.76. The first kappa shape index (κ1) is 17.3. The van der Waals surface area contributed by atoms with E-state index in [1.807, 2.05) is 0 Å². The first-order valence-corrected chi connectivity index (χ1v) is 9.23. The zero-order valence-corrected chi connectivity index (χ0v) is 14.6. The van der Waals surface area contributed by atoms with Crippen molar-refractivity contribution in [1.82, 2.24) is 10.2 Å². The van der Waals surface area contributed by atoms with Crippen LogP contribution in [0.25, 0.3) is 0 Å². The van der Waals surface area contributed by atoms with E-state index < -0.39 is 0 Å². The monoisotopic (exact) mass is 286 g/mol. The summed E-state index contributed by atoms with van der Waals surface area (Å²) in [7, 11) is 0. The Morgan fingerprint density at radius 2 is 1.89 bits per heavy atom. The molecule has 1 saturated heterocycles. The average molecular weight is 287 g/mol. The van der Waals surface area contributed by atoms with Crippen LogP contribution in [-0.2, 0) is 0 Å². The Labute approximate surface area is 125 Å². The minimum atomic E-state index is 0.675. The van der Waals surface area contributed by atoms with Gasteiger partial charge in [0.05, 0.1) is 0 Å². The molecule has 1 aliphatic rings. The van der Waals surface area contributed by atoms with Crippen LogP contribution in [0.4, 0.5) is 0 Å². The molecule has 4 unspecified atom stereocenters. The number of nitrogens with zero attached hydrogens (tertiary/aromatic N) is 1. The third-order valence-corrected chi connectivity index (χ3v) is 5.78. The van der Waals surface area contributed by atoms with Crippen LogP contribution >= 0.6 is 11.8 Å². The minimum Gasteiger partial charge on any atom is -0.311 e. The van der Waals surface area contributed by atoms with Crippen molar-refractivity contribution in [3.8, 4) is 0 Å². The minimum absolute atomic E-state index is 0.675. The van der Waals surface area contributed by atoms with E-state index in [9.17, 15) is 0 Å². The maximum Gasteiger partial charge on any atom is 0.0247 e. The number of hydrogen-bond donors (Lipinski definition) is 1. The lowest BCUT2D eigenvalue weighted by Gasteiger charge is -2.47. The summed E-state index contributed by atoms with van der Waals surface area (Å²) in [5.41, 5.74) is 0. The zero-order chi connectivity index (χ0) is 14.4. The van der Waals surface area contributed by atoms with Crippen molar-refractivity contribution in [2.75, 3.05) is 24.6 Å². The molecule has 1 N–H and O–H groups in total. The van der Waals surface area contributed by atoms with Crippen molar-refractivity contribution in [2.24, 2.45) is 11.8 Å². The molecule has 0 aromatic carbocycles. The zero-order valence-electron chi connectivity index (χ0n) is 13.8. The highest BCUT2D eigenvalue weighted by Crippen LogP contribution is 2.23. The lowest BCUT2D eigenvalue weighted by atomic mass is 9.91. The summed E-state index contributed by atoms with van der Waals surface area (Å²) >= 11 is 2.08. The number of hydrogen-bond acceptors (Lipinski definition) is 3. The second kappa shape index (κ2) is 8.53. The third kappa shape index (κ3) is 4.95. The van der Waals surface area contributed by atoms with Gasteiger partial charge in [0.15, 0.2) is 0 Å². The summed E-state index contributed by atoms with van der Waals surface area (Å²) in [5.74, 6) is 4.02. The van der Waals surface area contributed by atoms with Crippen molar-refractivity contribution in [3.05, 3.63) is 0 Å². The molecule has 19 heavy (non-hydrogen) atoms. The van der Waals surface area contributed by atoms with Gasteiger partial charge in [-0.15, -0.1) is 0 Å². The van der Waals surface area contributed by atoms with E-state index in [0.29, 0.717) is 18.1 Å². The third-order valence-electron chi connectivity index (χ3n) is 4.65. The van der Waals surface area contributed by atoms with Gasteiger partial charge in [0.2, 0.25) is 0 Å². The summed E-state index contributed by atoms with van der Waals surface area (Å²) in [6, 6.07) is 2.08. The largest absolute Gasteiger partial charge is 0.311 e. The second-order valence-corrected chi connectivity index (χ2v) is 7.74. The van der Waals surface area contributed by atoms with Crippen LogP contribution in [0.3, 0.4) is 0 Å². The van der Waals surface area contributed by atoms with Crippen LogP contribution in [0.5, 0.6) is 0 Å². The lowest BCUT2D eigenvalue weighted by molar-refractivity contribution is 0.0572. The van der Waals surface area contributed by atoms with Crippen molar-refractivity contribution < 1.29 is 0 Å². The normalized spacial score (nSPS) is 28.6. The summed E-state index contributed by atoms with van der Waals surface area (Å²) in [5, 5.41) is 3.79. The number of thioether (sulfide) groups is 1. The van der Waals surface area contributed by atoms with Crippen molar-refractivity contribution >= 4 is 11.8 Å². The maximum absolute atomic E-state index is 3.79. The van der Waals surface area contributed by atoms with Gasteiger partial charge in [0.25, 0.3) is 0 Å². The van der Waals surface area contributed by atoms with Gasteiger partial charge in [-0.25, -0.2) is 0 Å². The van der Waals surface area contributed by atoms with E-state index in [4.69, 9.17) is 0 Å². The topological polar surface area (TPSA) is 15.3 Å². The fraction of sp³-hybridized carbons (Fsp3) is 1.00. The van der Waals surface area contributed by atoms with Gasteiger partial charge < -0.3 is 5.32 Å². The molecule has 0 spiro atoms. The molecule has 1 rings (SSSR count). The van der Waals surface area contributed by atoms with E-state index in [-0.39, 0.29) is 0 Å². The fourth-order valence-electron chi connectivity index (χ4n) is 2.99. The van der Waals surface area contributed by atoms with Crippen molar-refractivity contribution in [3.63, 3.8) is 0 Å². The predicted octanol–water partition coefficient (Wildman–Crippen LogP) is 3.47. The highest BCUT2D eigenvalue weighted by molar-refractivity contribution is 7.99. The lowest BCUT2D eigenvalue weighted by Crippen LogP contribution is -2.62. The molecule has 0 aliphatic carbocycles. The van der Waals surface area contributed by atoms with E-state index in [1.54, 1.807) is 0 Å². The molecule has 4 atom stereocenters. The quantitative estimate of drug-likeness (QED) is 0.771. The van der Waals surface area contributed by atoms with Crippen LogP contribution in [-0.4, -0.2) is 47.6 Å². The Morgan fingerprint density at radius 3 is 2.42 bits per heavy atom. The van der Waals surface area contributed by atoms with Gasteiger partial charge in [-0.3, -0.25) is 4.90 Å². The van der Waals surface area contributed by atoms with E-state index >= 15 is 0 Å². The standard InChI is InChI=1S/C16H34N2S/c1-7-13(5)15-10-18(14(6)11-19-8-2)16(9-17-15)12(3)4/h12-17H,7-11H2,1-6H3. The molecule has 1 aliphatic heterocycles. The van der Waals surface area contributed by atoms with Gasteiger partial charge in [-0.1, -0.05) is 41.0 Å². The number of rotatable bonds is 7. The predicted molar refractivity (Wildman–Crippen MR) is 89.0 cm³/mol. The Bertz CT molecular complexity index is 245. The molecule has 1 fully saturated rings. The smallest absolute Gasteiger partial charge is 0.0247 e. The first-order valence-electron chi connectivity index (χ1n) is 8.08. The summed E-state index contributed by atoms with van der Waals surface area (Å²) in [6.45, 7) is 16.5. The molecular weight excluding hydrogens is 252 g/mol. The van der Waals surface area contributed by atoms with Gasteiger partial charge >= 0.3 is 0 Å². The molecule has 2 nitrogen and oxygen atoms in total. The van der Waals surface area contributed by atoms with Crippen LogP contribution in [0, 0.1) is 11.8 Å². The summed E-state index contributed by atoms with van der Waals surface area (Å²) in [4.78, 5) is 2.78. The van der Waals surface area contributed by atoms with Gasteiger partial charge in [0.1, 0.15) is 0 Å². The van der Waals surface area contributed by atoms with Crippen LogP contribution < -0.4 is 5.32 Å². The van der Waals surface area contributed by atoms with E-state index in [1.165, 1.54) is 24.5 Å². The second-order valence-electron chi connectivity index (χ2n) is 6.42. The molecular formula is C16H34N2S. The van der Waals surface area contributed by atoms with Crippen molar-refractivity contribution in [1.29, 1.82) is 0 Å². The van der Waals surface area contributed by atoms with E-state index in [2.05, 4.69) is 63.5 Å². The van der Waals surface area contributed by atoms with Crippen molar-refractivity contribution in [2.45, 2.75) is 66.1 Å². The molecule has 0 aromatic heterocycles. The van der Waals surface area contributed by atoms with Gasteiger partial charge in [0, 0.05) is 37.0 Å². The molecule has 0 bridgehead atoms. The molecule has 3 heteroatoms. The molecule has 0 aromatic rings. The summed E-state index contributed by atoms with van der Waals surface area (Å²) in [6.07, 6.45) is 1.27. The van der Waals surface area contributed by atoms with Crippen LogP contribution in [0.15, 0.2) is 0 Å². The highest BCUT2D eigenvalue weighted by Gasteiger charge is 2.33. The summed E-state index contributed by atoms with van der Waals surface area (Å²) < 4.78 is 0. The van der Waals surface area contributed by atoms with E-state index in [0.717, 1.165) is 18.4 Å². The Balaban J connectivity index is 2.67. The Morgan fingerprint density at radius 1 is 1.21 bits per heavy atom. The molecule has 0 saturated carbocycles. The van der Waals surface area contributed by atoms with Gasteiger partial charge in [-0.05, 0) is 24.5 Å².